The summed E-state index contributed by atoms with van der Waals surface area (Å²) >= 11 is 0. The highest BCUT2D eigenvalue weighted by molar-refractivity contribution is 5.94. The number of rotatable bonds is 3. The van der Waals surface area contributed by atoms with Gasteiger partial charge in [-0.2, -0.15) is 13.2 Å². The van der Waals surface area contributed by atoms with E-state index in [9.17, 15) is 27.2 Å². The third-order valence-electron chi connectivity index (χ3n) is 5.36. The third kappa shape index (κ3) is 4.81. The zero-order chi connectivity index (χ0) is 20.3. The standard InChI is InChI=1S/C19H23F4N3O2/c20-16-6-2-1-5-15(16)18(28)25-10-8-24(9-11-25)13-17(27)26-7-3-4-14(12-26)19(21,22)23/h1-2,5-6,14H,3-4,7-13H2. The summed E-state index contributed by atoms with van der Waals surface area (Å²) < 4.78 is 52.5. The number of benzene rings is 1. The van der Waals surface area contributed by atoms with Crippen LogP contribution in [0.5, 0.6) is 0 Å². The molecule has 0 spiro atoms. The van der Waals surface area contributed by atoms with Gasteiger partial charge in [-0.05, 0) is 25.0 Å². The number of hydrogen-bond donors (Lipinski definition) is 0. The largest absolute Gasteiger partial charge is 0.393 e. The second-order valence-corrected chi connectivity index (χ2v) is 7.27. The number of piperidine rings is 1. The number of amides is 2. The predicted octanol–water partition coefficient (Wildman–Crippen LogP) is 2.38. The van der Waals surface area contributed by atoms with E-state index in [2.05, 4.69) is 0 Å². The minimum atomic E-state index is -4.28. The molecule has 28 heavy (non-hydrogen) atoms. The first-order chi connectivity index (χ1) is 13.3. The van der Waals surface area contributed by atoms with E-state index in [0.29, 0.717) is 39.1 Å². The number of nitrogens with zero attached hydrogens (tertiary/aromatic N) is 3. The van der Waals surface area contributed by atoms with Gasteiger partial charge in [-0.25, -0.2) is 4.39 Å². The Kier molecular flexibility index (Phi) is 6.22. The predicted molar refractivity (Wildman–Crippen MR) is 94.1 cm³/mol. The lowest BCUT2D eigenvalue weighted by Crippen LogP contribution is -2.53. The Labute approximate surface area is 160 Å². The molecule has 0 aliphatic carbocycles. The summed E-state index contributed by atoms with van der Waals surface area (Å²) in [6, 6.07) is 5.77. The fourth-order valence-electron chi connectivity index (χ4n) is 3.68. The average Bonchev–Trinajstić information content (AvgIpc) is 2.68. The zero-order valence-electron chi connectivity index (χ0n) is 15.4. The molecule has 0 aromatic heterocycles. The lowest BCUT2D eigenvalue weighted by molar-refractivity contribution is -0.188. The molecule has 5 nitrogen and oxygen atoms in total. The molecule has 1 aromatic carbocycles. The molecular formula is C19H23F4N3O2. The Hall–Kier alpha value is -2.16. The molecule has 2 amide bonds. The van der Waals surface area contributed by atoms with Crippen molar-refractivity contribution in [3.05, 3.63) is 35.6 Å². The minimum absolute atomic E-state index is 0.0125. The summed E-state index contributed by atoms with van der Waals surface area (Å²) in [6.45, 7) is 1.61. The van der Waals surface area contributed by atoms with Gasteiger partial charge in [0.1, 0.15) is 5.82 Å². The van der Waals surface area contributed by atoms with E-state index < -0.39 is 23.8 Å². The van der Waals surface area contributed by atoms with Gasteiger partial charge in [0.2, 0.25) is 5.91 Å². The maximum absolute atomic E-state index is 13.8. The topological polar surface area (TPSA) is 43.9 Å². The van der Waals surface area contributed by atoms with Crippen molar-refractivity contribution in [1.29, 1.82) is 0 Å². The number of piperazine rings is 1. The van der Waals surface area contributed by atoms with Gasteiger partial charge in [0.15, 0.2) is 0 Å². The lowest BCUT2D eigenvalue weighted by Gasteiger charge is -2.37. The van der Waals surface area contributed by atoms with E-state index in [1.165, 1.54) is 28.0 Å². The number of carbonyl (C=O) groups excluding carboxylic acids is 2. The highest BCUT2D eigenvalue weighted by Crippen LogP contribution is 2.33. The molecule has 154 valence electrons. The number of carbonyl (C=O) groups is 2. The van der Waals surface area contributed by atoms with Crippen LogP contribution in [0.4, 0.5) is 17.6 Å². The van der Waals surface area contributed by atoms with E-state index in [-0.39, 0.29) is 31.0 Å². The summed E-state index contributed by atoms with van der Waals surface area (Å²) in [5.41, 5.74) is 0.0125. The van der Waals surface area contributed by atoms with Crippen LogP contribution in [0.3, 0.4) is 0 Å². The Morgan fingerprint density at radius 3 is 2.32 bits per heavy atom. The number of hydrogen-bond acceptors (Lipinski definition) is 3. The molecule has 2 saturated heterocycles. The van der Waals surface area contributed by atoms with Crippen molar-refractivity contribution in [3.8, 4) is 0 Å². The average molecular weight is 401 g/mol. The maximum atomic E-state index is 13.8. The van der Waals surface area contributed by atoms with Crippen molar-refractivity contribution >= 4 is 11.8 Å². The molecule has 0 N–H and O–H groups in total. The Morgan fingerprint density at radius 2 is 1.68 bits per heavy atom. The minimum Gasteiger partial charge on any atom is -0.341 e. The van der Waals surface area contributed by atoms with Crippen molar-refractivity contribution in [2.24, 2.45) is 5.92 Å². The fraction of sp³-hybridized carbons (Fsp3) is 0.579. The molecule has 1 unspecified atom stereocenters. The van der Waals surface area contributed by atoms with Gasteiger partial charge in [0.25, 0.3) is 5.91 Å². The van der Waals surface area contributed by atoms with Gasteiger partial charge in [-0.3, -0.25) is 14.5 Å². The first kappa shape index (κ1) is 20.6. The second kappa shape index (κ2) is 8.46. The van der Waals surface area contributed by atoms with Crippen molar-refractivity contribution in [1.82, 2.24) is 14.7 Å². The van der Waals surface area contributed by atoms with Gasteiger partial charge in [0, 0.05) is 39.3 Å². The molecule has 0 saturated carbocycles. The summed E-state index contributed by atoms with van der Waals surface area (Å²) in [5.74, 6) is -2.74. The molecular weight excluding hydrogens is 378 g/mol. The monoisotopic (exact) mass is 401 g/mol. The van der Waals surface area contributed by atoms with Crippen LogP contribution in [0, 0.1) is 11.7 Å². The van der Waals surface area contributed by atoms with Crippen LogP contribution in [0.15, 0.2) is 24.3 Å². The number of alkyl halides is 3. The third-order valence-corrected chi connectivity index (χ3v) is 5.36. The maximum Gasteiger partial charge on any atom is 0.393 e. The van der Waals surface area contributed by atoms with Crippen LogP contribution in [0.2, 0.25) is 0 Å². The Morgan fingerprint density at radius 1 is 1.00 bits per heavy atom. The molecule has 2 aliphatic heterocycles. The van der Waals surface area contributed by atoms with Crippen molar-refractivity contribution in [3.63, 3.8) is 0 Å². The smallest absolute Gasteiger partial charge is 0.341 e. The molecule has 0 radical (unpaired) electrons. The SMILES string of the molecule is O=C(CN1CCN(C(=O)c2ccccc2F)CC1)N1CCCC(C(F)(F)F)C1. The normalized spacial score (nSPS) is 21.6. The highest BCUT2D eigenvalue weighted by atomic mass is 19.4. The van der Waals surface area contributed by atoms with Gasteiger partial charge in [0.05, 0.1) is 18.0 Å². The van der Waals surface area contributed by atoms with Gasteiger partial charge in [-0.1, -0.05) is 12.1 Å². The fourth-order valence-corrected chi connectivity index (χ4v) is 3.68. The first-order valence-corrected chi connectivity index (χ1v) is 9.36. The number of halogens is 4. The van der Waals surface area contributed by atoms with Crippen LogP contribution in [-0.4, -0.2) is 78.5 Å². The van der Waals surface area contributed by atoms with Crippen molar-refractivity contribution in [2.75, 3.05) is 45.8 Å². The van der Waals surface area contributed by atoms with E-state index in [1.54, 1.807) is 6.07 Å². The van der Waals surface area contributed by atoms with Crippen LogP contribution in [0.1, 0.15) is 23.2 Å². The Balaban J connectivity index is 1.49. The quantitative estimate of drug-likeness (QED) is 0.731. The highest BCUT2D eigenvalue weighted by Gasteiger charge is 2.42. The zero-order valence-corrected chi connectivity index (χ0v) is 15.4. The number of likely N-dealkylation sites (tertiary alicyclic amines) is 1. The molecule has 2 aliphatic rings. The van der Waals surface area contributed by atoms with Crippen LogP contribution >= 0.6 is 0 Å². The molecule has 0 bridgehead atoms. The summed E-state index contributed by atoms with van der Waals surface area (Å²) in [5, 5.41) is 0. The van der Waals surface area contributed by atoms with Crippen molar-refractivity contribution in [2.45, 2.75) is 19.0 Å². The molecule has 1 aromatic rings. The molecule has 3 rings (SSSR count). The van der Waals surface area contributed by atoms with Crippen LogP contribution in [0.25, 0.3) is 0 Å². The van der Waals surface area contributed by atoms with Gasteiger partial charge < -0.3 is 9.80 Å². The second-order valence-electron chi connectivity index (χ2n) is 7.27. The molecule has 1 atom stereocenters. The van der Waals surface area contributed by atoms with Gasteiger partial charge >= 0.3 is 6.18 Å². The van der Waals surface area contributed by atoms with E-state index in [4.69, 9.17) is 0 Å². The van der Waals surface area contributed by atoms with Crippen molar-refractivity contribution < 1.29 is 27.2 Å². The first-order valence-electron chi connectivity index (χ1n) is 9.36. The Bertz CT molecular complexity index is 717. The molecule has 2 heterocycles. The molecule has 2 fully saturated rings. The molecule has 9 heteroatoms. The van der Waals surface area contributed by atoms with E-state index >= 15 is 0 Å². The summed E-state index contributed by atoms with van der Waals surface area (Å²) in [4.78, 5) is 29.5. The lowest BCUT2D eigenvalue weighted by atomic mass is 9.97. The van der Waals surface area contributed by atoms with Crippen LogP contribution < -0.4 is 0 Å². The van der Waals surface area contributed by atoms with Crippen LogP contribution in [-0.2, 0) is 4.79 Å². The van der Waals surface area contributed by atoms with Gasteiger partial charge in [-0.15, -0.1) is 0 Å². The summed E-state index contributed by atoms with van der Waals surface area (Å²) in [6.07, 6.45) is -3.87. The van der Waals surface area contributed by atoms with E-state index in [1.807, 2.05) is 4.90 Å². The summed E-state index contributed by atoms with van der Waals surface area (Å²) in [7, 11) is 0. The van der Waals surface area contributed by atoms with E-state index in [0.717, 1.165) is 0 Å².